The highest BCUT2D eigenvalue weighted by atomic mass is 35.5. The second-order valence-corrected chi connectivity index (χ2v) is 10.6. The normalized spacial score (nSPS) is 19.4. The summed E-state index contributed by atoms with van der Waals surface area (Å²) in [5.41, 5.74) is 5.00. The molecule has 0 spiro atoms. The monoisotopic (exact) mass is 518 g/mol. The van der Waals surface area contributed by atoms with Crippen molar-refractivity contribution in [1.29, 1.82) is 0 Å². The van der Waals surface area contributed by atoms with Crippen molar-refractivity contribution in [3.8, 4) is 0 Å². The highest BCUT2D eigenvalue weighted by molar-refractivity contribution is 7.92. The number of esters is 1. The molecule has 34 heavy (non-hydrogen) atoms. The summed E-state index contributed by atoms with van der Waals surface area (Å²) in [6, 6.07) is 3.96. The van der Waals surface area contributed by atoms with Crippen LogP contribution < -0.4 is 11.1 Å². The van der Waals surface area contributed by atoms with Crippen LogP contribution in [0.1, 0.15) is 43.0 Å². The minimum absolute atomic E-state index is 0.0964. The van der Waals surface area contributed by atoms with Gasteiger partial charge >= 0.3 is 5.97 Å². The molecule has 0 bridgehead atoms. The highest BCUT2D eigenvalue weighted by Gasteiger charge is 2.35. The lowest BCUT2D eigenvalue weighted by Crippen LogP contribution is -2.36. The number of carbonyl (C=O) groups excluding carboxylic acids is 2. The molecule has 0 saturated heterocycles. The van der Waals surface area contributed by atoms with E-state index in [2.05, 4.69) is 5.32 Å². The van der Waals surface area contributed by atoms with Crippen LogP contribution in [0.25, 0.3) is 0 Å². The van der Waals surface area contributed by atoms with Gasteiger partial charge in [0.25, 0.3) is 5.91 Å². The number of rotatable bonds is 6. The molecular weight excluding hydrogens is 497 g/mol. The molecule has 184 valence electrons. The van der Waals surface area contributed by atoms with E-state index in [4.69, 9.17) is 22.1 Å². The number of nitrogens with two attached hydrogens (primary N) is 1. The van der Waals surface area contributed by atoms with Gasteiger partial charge in [-0.3, -0.25) is 9.59 Å². The van der Waals surface area contributed by atoms with E-state index >= 15 is 0 Å². The lowest BCUT2D eigenvalue weighted by atomic mass is 9.97. The zero-order valence-electron chi connectivity index (χ0n) is 18.0. The van der Waals surface area contributed by atoms with Gasteiger partial charge in [0.05, 0.1) is 15.2 Å². The van der Waals surface area contributed by atoms with Gasteiger partial charge in [-0.15, -0.1) is 0 Å². The first-order valence-corrected chi connectivity index (χ1v) is 12.3. The van der Waals surface area contributed by atoms with E-state index in [1.54, 1.807) is 0 Å². The number of benzene rings is 2. The van der Waals surface area contributed by atoms with Crippen molar-refractivity contribution in [3.05, 3.63) is 58.4 Å². The van der Waals surface area contributed by atoms with Crippen molar-refractivity contribution in [3.63, 3.8) is 0 Å². The van der Waals surface area contributed by atoms with E-state index < -0.39 is 56.6 Å². The molecule has 3 rings (SSSR count). The van der Waals surface area contributed by atoms with Crippen LogP contribution in [0.5, 0.6) is 0 Å². The lowest BCUT2D eigenvalue weighted by molar-refractivity contribution is -0.151. The molecule has 2 aromatic carbocycles. The molecule has 0 heterocycles. The maximum Gasteiger partial charge on any atom is 0.322 e. The van der Waals surface area contributed by atoms with E-state index in [9.17, 15) is 31.2 Å². The number of amides is 1. The van der Waals surface area contributed by atoms with E-state index in [1.807, 2.05) is 0 Å². The summed E-state index contributed by atoms with van der Waals surface area (Å²) in [6.07, 6.45) is 0.623. The zero-order chi connectivity index (χ0) is 25.2. The molecule has 1 atom stereocenters. The fraction of sp³-hybridized carbons (Fsp3) is 0.364. The Kier molecular flexibility index (Phi) is 7.89. The van der Waals surface area contributed by atoms with Crippen molar-refractivity contribution in [2.24, 2.45) is 5.73 Å². The molecule has 2 aromatic rings. The average Bonchev–Trinajstić information content (AvgIpc) is 2.77. The van der Waals surface area contributed by atoms with Gasteiger partial charge in [-0.1, -0.05) is 11.6 Å². The third kappa shape index (κ3) is 5.70. The van der Waals surface area contributed by atoms with Crippen LogP contribution in [0.4, 0.5) is 18.9 Å². The van der Waals surface area contributed by atoms with E-state index in [-0.39, 0.29) is 34.0 Å². The molecule has 1 saturated carbocycles. The minimum atomic E-state index is -3.96. The molecule has 0 radical (unpaired) electrons. The van der Waals surface area contributed by atoms with Crippen molar-refractivity contribution < 1.29 is 35.9 Å². The van der Waals surface area contributed by atoms with Gasteiger partial charge in [-0.05, 0) is 50.8 Å². The molecule has 1 fully saturated rings. The number of ether oxygens (including phenoxy) is 1. The van der Waals surface area contributed by atoms with Crippen LogP contribution in [0.3, 0.4) is 0 Å². The maximum absolute atomic E-state index is 13.4. The number of hydrogen-bond acceptors (Lipinski definition) is 6. The fourth-order valence-corrected chi connectivity index (χ4v) is 5.93. The first-order chi connectivity index (χ1) is 15.9. The Morgan fingerprint density at radius 3 is 2.24 bits per heavy atom. The first kappa shape index (κ1) is 26.0. The van der Waals surface area contributed by atoms with Crippen LogP contribution >= 0.6 is 11.6 Å². The van der Waals surface area contributed by atoms with E-state index in [0.29, 0.717) is 25.0 Å². The molecule has 3 N–H and O–H groups in total. The molecule has 1 aliphatic rings. The molecule has 0 aromatic heterocycles. The average molecular weight is 519 g/mol. The number of sulfone groups is 1. The van der Waals surface area contributed by atoms with Crippen molar-refractivity contribution in [2.45, 2.75) is 54.9 Å². The van der Waals surface area contributed by atoms with Gasteiger partial charge in [-0.25, -0.2) is 21.6 Å². The Hall–Kier alpha value is -2.63. The van der Waals surface area contributed by atoms with Crippen molar-refractivity contribution in [2.75, 3.05) is 5.32 Å². The van der Waals surface area contributed by atoms with Gasteiger partial charge < -0.3 is 15.8 Å². The molecule has 1 aliphatic carbocycles. The first-order valence-electron chi connectivity index (χ1n) is 10.4. The Labute approximate surface area is 199 Å². The number of halogens is 4. The van der Waals surface area contributed by atoms with Crippen molar-refractivity contribution >= 4 is 39.0 Å². The van der Waals surface area contributed by atoms with Crippen LogP contribution in [0.2, 0.25) is 5.02 Å². The Morgan fingerprint density at radius 2 is 1.68 bits per heavy atom. The summed E-state index contributed by atoms with van der Waals surface area (Å²) in [7, 11) is -3.96. The van der Waals surface area contributed by atoms with Gasteiger partial charge in [0.15, 0.2) is 27.3 Å². The second kappa shape index (κ2) is 10.3. The summed E-state index contributed by atoms with van der Waals surface area (Å²) in [5.74, 6) is -6.09. The predicted molar refractivity (Wildman–Crippen MR) is 119 cm³/mol. The van der Waals surface area contributed by atoms with Crippen LogP contribution in [-0.2, 0) is 19.4 Å². The van der Waals surface area contributed by atoms with Crippen molar-refractivity contribution in [1.82, 2.24) is 0 Å². The third-order valence-electron chi connectivity index (χ3n) is 5.46. The topological polar surface area (TPSA) is 116 Å². The van der Waals surface area contributed by atoms with E-state index in [1.165, 1.54) is 19.1 Å². The van der Waals surface area contributed by atoms with Gasteiger partial charge in [0, 0.05) is 23.4 Å². The van der Waals surface area contributed by atoms with Gasteiger partial charge in [-0.2, -0.15) is 0 Å². The Morgan fingerprint density at radius 1 is 1.09 bits per heavy atom. The van der Waals surface area contributed by atoms with Gasteiger partial charge in [0.2, 0.25) is 0 Å². The lowest BCUT2D eigenvalue weighted by Gasteiger charge is -2.28. The number of hydrogen-bond donors (Lipinski definition) is 2. The fourth-order valence-electron chi connectivity index (χ4n) is 3.61. The summed E-state index contributed by atoms with van der Waals surface area (Å²) < 4.78 is 71.6. The Bertz CT molecular complexity index is 1190. The standard InChI is InChI=1S/C22H22ClF3N2O5S/c1-11(27)22(30)33-14-3-5-15(6-4-14)34(31,32)19-8-12(2-7-16(19)23)21(29)28-13-9-17(24)20(26)18(25)10-13/h2,7-11,14-15H,3-6,27H2,1H3,(H,28,29)/t11-,14-,15-/m0/s1. The van der Waals surface area contributed by atoms with Gasteiger partial charge in [0.1, 0.15) is 12.1 Å². The number of anilines is 1. The quantitative estimate of drug-likeness (QED) is 0.441. The predicted octanol–water partition coefficient (Wildman–Crippen LogP) is 3.98. The van der Waals surface area contributed by atoms with E-state index in [0.717, 1.165) is 6.07 Å². The van der Waals surface area contributed by atoms with Crippen LogP contribution in [-0.4, -0.2) is 37.7 Å². The van der Waals surface area contributed by atoms with Crippen LogP contribution in [0, 0.1) is 17.5 Å². The smallest absolute Gasteiger partial charge is 0.322 e. The maximum atomic E-state index is 13.4. The number of nitrogens with one attached hydrogen (secondary N) is 1. The highest BCUT2D eigenvalue weighted by Crippen LogP contribution is 2.34. The molecule has 0 aliphatic heterocycles. The zero-order valence-corrected chi connectivity index (χ0v) is 19.6. The SMILES string of the molecule is C[C@H](N)C(=O)O[C@H]1CC[C@H](S(=O)(=O)c2cc(C(=O)Nc3cc(F)c(F)c(F)c3)ccc2Cl)CC1. The minimum Gasteiger partial charge on any atom is -0.461 e. The Balaban J connectivity index is 1.76. The summed E-state index contributed by atoms with van der Waals surface area (Å²) >= 11 is 6.12. The molecular formula is C22H22ClF3N2O5S. The summed E-state index contributed by atoms with van der Waals surface area (Å²) in [5, 5.41) is 1.29. The third-order valence-corrected chi connectivity index (χ3v) is 8.20. The van der Waals surface area contributed by atoms with Crippen LogP contribution in [0.15, 0.2) is 35.2 Å². The second-order valence-electron chi connectivity index (χ2n) is 8.02. The summed E-state index contributed by atoms with van der Waals surface area (Å²) in [4.78, 5) is 23.9. The molecule has 12 heteroatoms. The largest absolute Gasteiger partial charge is 0.461 e. The number of carbonyl (C=O) groups is 2. The summed E-state index contributed by atoms with van der Waals surface area (Å²) in [6.45, 7) is 1.49. The molecule has 1 amide bonds. The molecule has 0 unspecified atom stereocenters. The molecule has 7 nitrogen and oxygen atoms in total.